The van der Waals surface area contributed by atoms with E-state index in [1.54, 1.807) is 20.8 Å². The van der Waals surface area contributed by atoms with Gasteiger partial charge in [-0.25, -0.2) is 0 Å². The van der Waals surface area contributed by atoms with Gasteiger partial charge >= 0.3 is 0 Å². The summed E-state index contributed by atoms with van der Waals surface area (Å²) in [6, 6.07) is -1.57. The molecule has 0 unspecified atom stereocenters. The van der Waals surface area contributed by atoms with Crippen LogP contribution in [0.5, 0.6) is 0 Å². The molecular weight excluding hydrogens is 338 g/mol. The number of nitrogens with zero attached hydrogens (tertiary/aromatic N) is 1. The highest BCUT2D eigenvalue weighted by Gasteiger charge is 2.27. The van der Waals surface area contributed by atoms with E-state index in [0.717, 1.165) is 19.4 Å². The van der Waals surface area contributed by atoms with Crippen molar-refractivity contribution in [3.05, 3.63) is 0 Å². The quantitative estimate of drug-likeness (QED) is 0.218. The zero-order valence-corrected chi connectivity index (χ0v) is 16.6. The Labute approximate surface area is 156 Å². The summed E-state index contributed by atoms with van der Waals surface area (Å²) in [5.74, 6) is -1.29. The van der Waals surface area contributed by atoms with Crippen molar-refractivity contribution >= 4 is 17.7 Å². The Morgan fingerprint density at radius 1 is 1.04 bits per heavy atom. The molecular formula is C17H35N5O4. The standard InChI is InChI=1S/C17H35N5O4/c1-6-18-14(23)11-19-16(24)13(9-7-8-10-22(4)5)20-17(25)15(21-26)12(2)3/h12-13,15,21,26H,6-11H2,1-5H3,(H,18,23)(H,19,24)(H,20,25)/t13-,15-/m0/s1. The fraction of sp³-hybridized carbons (Fsp3) is 0.824. The molecule has 0 spiro atoms. The van der Waals surface area contributed by atoms with Crippen LogP contribution in [-0.4, -0.2) is 73.6 Å². The van der Waals surface area contributed by atoms with Gasteiger partial charge in [-0.15, -0.1) is 0 Å². The third kappa shape index (κ3) is 10.3. The molecule has 0 radical (unpaired) electrons. The van der Waals surface area contributed by atoms with Crippen molar-refractivity contribution in [1.29, 1.82) is 0 Å². The van der Waals surface area contributed by atoms with Crippen molar-refractivity contribution in [2.45, 2.75) is 52.1 Å². The van der Waals surface area contributed by atoms with Crippen LogP contribution in [0.25, 0.3) is 0 Å². The van der Waals surface area contributed by atoms with Crippen molar-refractivity contribution in [3.8, 4) is 0 Å². The van der Waals surface area contributed by atoms with Crippen LogP contribution >= 0.6 is 0 Å². The number of amides is 3. The molecule has 9 nitrogen and oxygen atoms in total. The molecule has 152 valence electrons. The molecule has 0 aliphatic rings. The fourth-order valence-electron chi connectivity index (χ4n) is 2.37. The Kier molecular flexibility index (Phi) is 12.6. The first-order valence-corrected chi connectivity index (χ1v) is 9.12. The zero-order valence-electron chi connectivity index (χ0n) is 16.6. The Balaban J connectivity index is 4.78. The molecule has 9 heteroatoms. The van der Waals surface area contributed by atoms with Gasteiger partial charge in [-0.1, -0.05) is 13.8 Å². The van der Waals surface area contributed by atoms with Crippen LogP contribution in [-0.2, 0) is 14.4 Å². The summed E-state index contributed by atoms with van der Waals surface area (Å²) >= 11 is 0. The Hall–Kier alpha value is -1.71. The van der Waals surface area contributed by atoms with Gasteiger partial charge in [0.15, 0.2) is 0 Å². The van der Waals surface area contributed by atoms with E-state index < -0.39 is 23.9 Å². The van der Waals surface area contributed by atoms with Crippen LogP contribution < -0.4 is 21.4 Å². The van der Waals surface area contributed by atoms with Gasteiger partial charge in [0.1, 0.15) is 12.1 Å². The first-order valence-electron chi connectivity index (χ1n) is 9.12. The third-order valence-corrected chi connectivity index (χ3v) is 3.87. The number of hydrogen-bond donors (Lipinski definition) is 5. The van der Waals surface area contributed by atoms with Gasteiger partial charge in [-0.3, -0.25) is 14.4 Å². The number of carbonyl (C=O) groups is 3. The molecule has 0 aromatic heterocycles. The average molecular weight is 373 g/mol. The van der Waals surface area contributed by atoms with Crippen LogP contribution in [0.4, 0.5) is 0 Å². The number of hydrogen-bond acceptors (Lipinski definition) is 6. The molecule has 0 rings (SSSR count). The number of hydroxylamine groups is 1. The predicted molar refractivity (Wildman–Crippen MR) is 99.6 cm³/mol. The largest absolute Gasteiger partial charge is 0.355 e. The Bertz CT molecular complexity index is 443. The van der Waals surface area contributed by atoms with Crippen LogP contribution in [0.15, 0.2) is 0 Å². The maximum atomic E-state index is 12.4. The molecule has 0 aliphatic heterocycles. The van der Waals surface area contributed by atoms with E-state index in [1.807, 2.05) is 24.5 Å². The monoisotopic (exact) mass is 373 g/mol. The van der Waals surface area contributed by atoms with Gasteiger partial charge in [0.25, 0.3) is 0 Å². The van der Waals surface area contributed by atoms with E-state index in [4.69, 9.17) is 5.21 Å². The van der Waals surface area contributed by atoms with Gasteiger partial charge in [-0.2, -0.15) is 5.48 Å². The molecule has 0 aromatic carbocycles. The van der Waals surface area contributed by atoms with Gasteiger partial charge < -0.3 is 26.1 Å². The zero-order chi connectivity index (χ0) is 20.1. The van der Waals surface area contributed by atoms with Crippen LogP contribution in [0.1, 0.15) is 40.0 Å². The first kappa shape index (κ1) is 24.3. The van der Waals surface area contributed by atoms with Gasteiger partial charge in [0, 0.05) is 6.54 Å². The molecule has 0 saturated carbocycles. The minimum Gasteiger partial charge on any atom is -0.355 e. The van der Waals surface area contributed by atoms with E-state index in [0.29, 0.717) is 13.0 Å². The molecule has 3 amide bonds. The summed E-state index contributed by atoms with van der Waals surface area (Å²) in [7, 11) is 3.94. The lowest BCUT2D eigenvalue weighted by Crippen LogP contribution is -2.54. The normalized spacial score (nSPS) is 13.4. The van der Waals surface area contributed by atoms with Crippen molar-refractivity contribution in [2.24, 2.45) is 5.92 Å². The molecule has 0 aromatic rings. The second-order valence-electron chi connectivity index (χ2n) is 6.88. The second-order valence-corrected chi connectivity index (χ2v) is 6.88. The minimum absolute atomic E-state index is 0.136. The highest BCUT2D eigenvalue weighted by molar-refractivity contribution is 5.91. The number of carbonyl (C=O) groups excluding carboxylic acids is 3. The number of rotatable bonds is 13. The number of nitrogens with one attached hydrogen (secondary N) is 4. The molecule has 26 heavy (non-hydrogen) atoms. The average Bonchev–Trinajstić information content (AvgIpc) is 2.55. The fourth-order valence-corrected chi connectivity index (χ4v) is 2.37. The summed E-state index contributed by atoms with van der Waals surface area (Å²) in [5, 5.41) is 17.0. The van der Waals surface area contributed by atoms with E-state index >= 15 is 0 Å². The Morgan fingerprint density at radius 3 is 2.19 bits per heavy atom. The summed E-state index contributed by atoms with van der Waals surface area (Å²) in [6.07, 6.45) is 2.09. The predicted octanol–water partition coefficient (Wildman–Crippen LogP) is -0.541. The van der Waals surface area contributed by atoms with Crippen molar-refractivity contribution in [2.75, 3.05) is 33.7 Å². The topological polar surface area (TPSA) is 123 Å². The Morgan fingerprint density at radius 2 is 1.69 bits per heavy atom. The van der Waals surface area contributed by atoms with E-state index in [1.165, 1.54) is 0 Å². The molecule has 0 saturated heterocycles. The van der Waals surface area contributed by atoms with Crippen molar-refractivity contribution < 1.29 is 19.6 Å². The lowest BCUT2D eigenvalue weighted by atomic mass is 10.0. The van der Waals surface area contributed by atoms with Crippen LogP contribution in [0.3, 0.4) is 0 Å². The highest BCUT2D eigenvalue weighted by atomic mass is 16.5. The van der Waals surface area contributed by atoms with Crippen molar-refractivity contribution in [1.82, 2.24) is 26.3 Å². The smallest absolute Gasteiger partial charge is 0.243 e. The van der Waals surface area contributed by atoms with Crippen molar-refractivity contribution in [3.63, 3.8) is 0 Å². The third-order valence-electron chi connectivity index (χ3n) is 3.87. The summed E-state index contributed by atoms with van der Waals surface area (Å²) in [6.45, 7) is 6.60. The van der Waals surface area contributed by atoms with Gasteiger partial charge in [-0.05, 0) is 52.7 Å². The molecule has 0 aliphatic carbocycles. The lowest BCUT2D eigenvalue weighted by Gasteiger charge is -2.23. The number of unbranched alkanes of at least 4 members (excludes halogenated alkanes) is 1. The van der Waals surface area contributed by atoms with E-state index in [9.17, 15) is 14.4 Å². The summed E-state index contributed by atoms with van der Waals surface area (Å²) < 4.78 is 0. The molecule has 5 N–H and O–H groups in total. The first-order chi connectivity index (χ1) is 12.2. The van der Waals surface area contributed by atoms with Crippen LogP contribution in [0, 0.1) is 5.92 Å². The maximum absolute atomic E-state index is 12.4. The number of likely N-dealkylation sites (N-methyl/N-ethyl adjacent to an activating group) is 1. The van der Waals surface area contributed by atoms with Gasteiger partial charge in [0.2, 0.25) is 17.7 Å². The SMILES string of the molecule is CCNC(=O)CNC(=O)[C@H](CCCCN(C)C)NC(=O)[C@@H](NO)C(C)C. The minimum atomic E-state index is -0.810. The summed E-state index contributed by atoms with van der Waals surface area (Å²) in [5.41, 5.74) is 1.98. The van der Waals surface area contributed by atoms with Gasteiger partial charge in [0.05, 0.1) is 6.54 Å². The summed E-state index contributed by atoms with van der Waals surface area (Å²) in [4.78, 5) is 38.3. The molecule has 0 heterocycles. The van der Waals surface area contributed by atoms with E-state index in [-0.39, 0.29) is 18.4 Å². The lowest BCUT2D eigenvalue weighted by molar-refractivity contribution is -0.133. The highest BCUT2D eigenvalue weighted by Crippen LogP contribution is 2.06. The maximum Gasteiger partial charge on any atom is 0.243 e. The van der Waals surface area contributed by atoms with Crippen LogP contribution in [0.2, 0.25) is 0 Å². The molecule has 0 fully saturated rings. The second kappa shape index (κ2) is 13.5. The van der Waals surface area contributed by atoms with E-state index in [2.05, 4.69) is 16.0 Å². The molecule has 2 atom stereocenters. The molecule has 0 bridgehead atoms.